The van der Waals surface area contributed by atoms with Gasteiger partial charge in [-0.1, -0.05) is 58.8 Å². The molecule has 0 spiro atoms. The molecule has 0 atom stereocenters. The lowest BCUT2D eigenvalue weighted by atomic mass is 9.77. The molecule has 1 nitrogen and oxygen atoms in total. The fourth-order valence-corrected chi connectivity index (χ4v) is 2.97. The zero-order valence-electron chi connectivity index (χ0n) is 10.7. The Bertz CT molecular complexity index is 153. The van der Waals surface area contributed by atoms with Crippen molar-refractivity contribution in [2.45, 2.75) is 83.6 Å². The van der Waals surface area contributed by atoms with Crippen molar-refractivity contribution in [1.82, 2.24) is 0 Å². The lowest BCUT2D eigenvalue weighted by Crippen LogP contribution is -2.42. The fourth-order valence-electron chi connectivity index (χ4n) is 2.97. The predicted octanol–water partition coefficient (Wildman–Crippen LogP) is 4.25. The normalized spacial score (nSPS) is 22.4. The molecule has 1 aliphatic rings. The van der Waals surface area contributed by atoms with Gasteiger partial charge in [0.2, 0.25) is 0 Å². The Morgan fingerprint density at radius 2 is 1.40 bits per heavy atom. The second kappa shape index (κ2) is 6.52. The van der Waals surface area contributed by atoms with Gasteiger partial charge >= 0.3 is 0 Å². The molecule has 0 radical (unpaired) electrons. The summed E-state index contributed by atoms with van der Waals surface area (Å²) in [7, 11) is 0. The Morgan fingerprint density at radius 3 is 1.87 bits per heavy atom. The summed E-state index contributed by atoms with van der Waals surface area (Å²) in [6, 6.07) is 0. The minimum absolute atomic E-state index is 0.178. The van der Waals surface area contributed by atoms with E-state index in [2.05, 4.69) is 13.8 Å². The van der Waals surface area contributed by atoms with E-state index in [0.717, 1.165) is 5.92 Å². The van der Waals surface area contributed by atoms with Crippen LogP contribution >= 0.6 is 0 Å². The van der Waals surface area contributed by atoms with E-state index in [9.17, 15) is 0 Å². The minimum Gasteiger partial charge on any atom is -0.325 e. The van der Waals surface area contributed by atoms with Crippen molar-refractivity contribution in [3.63, 3.8) is 0 Å². The van der Waals surface area contributed by atoms with Gasteiger partial charge in [0, 0.05) is 5.54 Å². The number of hydrogen-bond donors (Lipinski definition) is 1. The topological polar surface area (TPSA) is 26.0 Å². The molecule has 15 heavy (non-hydrogen) atoms. The highest BCUT2D eigenvalue weighted by Crippen LogP contribution is 2.31. The molecule has 1 aliphatic carbocycles. The van der Waals surface area contributed by atoms with Gasteiger partial charge in [-0.2, -0.15) is 0 Å². The second-order valence-corrected chi connectivity index (χ2v) is 5.52. The molecule has 1 heteroatoms. The van der Waals surface area contributed by atoms with Gasteiger partial charge in [-0.3, -0.25) is 0 Å². The first-order chi connectivity index (χ1) is 7.20. The van der Waals surface area contributed by atoms with Crippen LogP contribution in [0.25, 0.3) is 0 Å². The van der Waals surface area contributed by atoms with Crippen LogP contribution in [-0.4, -0.2) is 5.54 Å². The molecule has 0 bridgehead atoms. The molecule has 0 aromatic rings. The Morgan fingerprint density at radius 1 is 0.933 bits per heavy atom. The minimum atomic E-state index is 0.178. The summed E-state index contributed by atoms with van der Waals surface area (Å²) in [4.78, 5) is 0. The largest absolute Gasteiger partial charge is 0.325 e. The van der Waals surface area contributed by atoms with Gasteiger partial charge < -0.3 is 5.73 Å². The summed E-state index contributed by atoms with van der Waals surface area (Å²) in [5.41, 5.74) is 6.76. The highest BCUT2D eigenvalue weighted by atomic mass is 14.7. The van der Waals surface area contributed by atoms with Crippen LogP contribution in [0.2, 0.25) is 0 Å². The Kier molecular flexibility index (Phi) is 5.66. The molecule has 0 heterocycles. The Labute approximate surface area is 95.8 Å². The van der Waals surface area contributed by atoms with E-state index < -0.39 is 0 Å². The molecule has 0 amide bonds. The maximum atomic E-state index is 6.58. The van der Waals surface area contributed by atoms with Crippen LogP contribution in [0.5, 0.6) is 0 Å². The molecule has 90 valence electrons. The standard InChI is InChI=1S/C14H29N/c1-3-13(4-2)12-14(15)10-8-6-5-7-9-11-14/h13H,3-12,15H2,1-2H3. The van der Waals surface area contributed by atoms with E-state index in [1.165, 1.54) is 64.2 Å². The summed E-state index contributed by atoms with van der Waals surface area (Å²) in [5, 5.41) is 0. The summed E-state index contributed by atoms with van der Waals surface area (Å²) < 4.78 is 0. The number of rotatable bonds is 4. The molecule has 0 aromatic carbocycles. The summed E-state index contributed by atoms with van der Waals surface area (Å²) in [6.07, 6.45) is 13.4. The maximum Gasteiger partial charge on any atom is 0.0157 e. The third-order valence-corrected chi connectivity index (χ3v) is 4.20. The maximum absolute atomic E-state index is 6.58. The molecule has 0 aromatic heterocycles. The van der Waals surface area contributed by atoms with Crippen molar-refractivity contribution in [2.75, 3.05) is 0 Å². The van der Waals surface area contributed by atoms with E-state index in [1.54, 1.807) is 0 Å². The molecular formula is C14H29N. The first-order valence-corrected chi connectivity index (χ1v) is 6.99. The third kappa shape index (κ3) is 4.55. The van der Waals surface area contributed by atoms with E-state index in [4.69, 9.17) is 5.73 Å². The average Bonchev–Trinajstić information content (AvgIpc) is 2.21. The van der Waals surface area contributed by atoms with E-state index in [1.807, 2.05) is 0 Å². The van der Waals surface area contributed by atoms with Gasteiger partial charge in [-0.05, 0) is 25.2 Å². The zero-order valence-corrected chi connectivity index (χ0v) is 10.7. The van der Waals surface area contributed by atoms with E-state index in [-0.39, 0.29) is 5.54 Å². The SMILES string of the molecule is CCC(CC)CC1(N)CCCCCCC1. The van der Waals surface area contributed by atoms with Gasteiger partial charge in [-0.25, -0.2) is 0 Å². The fraction of sp³-hybridized carbons (Fsp3) is 1.00. The third-order valence-electron chi connectivity index (χ3n) is 4.20. The van der Waals surface area contributed by atoms with Gasteiger partial charge in [0.25, 0.3) is 0 Å². The summed E-state index contributed by atoms with van der Waals surface area (Å²) in [5.74, 6) is 0.856. The predicted molar refractivity (Wildman–Crippen MR) is 67.9 cm³/mol. The van der Waals surface area contributed by atoms with Crippen LogP contribution in [0.1, 0.15) is 78.1 Å². The van der Waals surface area contributed by atoms with Crippen molar-refractivity contribution in [3.05, 3.63) is 0 Å². The molecular weight excluding hydrogens is 182 g/mol. The molecule has 1 saturated carbocycles. The first kappa shape index (κ1) is 13.0. The van der Waals surface area contributed by atoms with Crippen molar-refractivity contribution >= 4 is 0 Å². The van der Waals surface area contributed by atoms with Crippen LogP contribution in [0.3, 0.4) is 0 Å². The summed E-state index contributed by atoms with van der Waals surface area (Å²) in [6.45, 7) is 4.61. The summed E-state index contributed by atoms with van der Waals surface area (Å²) >= 11 is 0. The van der Waals surface area contributed by atoms with Crippen LogP contribution in [0, 0.1) is 5.92 Å². The lowest BCUT2D eigenvalue weighted by molar-refractivity contribution is 0.245. The van der Waals surface area contributed by atoms with Gasteiger partial charge in [-0.15, -0.1) is 0 Å². The van der Waals surface area contributed by atoms with E-state index in [0.29, 0.717) is 0 Å². The van der Waals surface area contributed by atoms with Crippen molar-refractivity contribution in [1.29, 1.82) is 0 Å². The van der Waals surface area contributed by atoms with Gasteiger partial charge in [0.05, 0.1) is 0 Å². The number of hydrogen-bond acceptors (Lipinski definition) is 1. The van der Waals surface area contributed by atoms with Crippen LogP contribution < -0.4 is 5.73 Å². The smallest absolute Gasteiger partial charge is 0.0157 e. The second-order valence-electron chi connectivity index (χ2n) is 5.52. The zero-order chi connectivity index (χ0) is 11.1. The molecule has 1 rings (SSSR count). The molecule has 1 fully saturated rings. The monoisotopic (exact) mass is 211 g/mol. The molecule has 0 saturated heterocycles. The average molecular weight is 211 g/mol. The van der Waals surface area contributed by atoms with Crippen molar-refractivity contribution in [2.24, 2.45) is 11.7 Å². The van der Waals surface area contributed by atoms with Gasteiger partial charge in [0.1, 0.15) is 0 Å². The van der Waals surface area contributed by atoms with Crippen molar-refractivity contribution in [3.8, 4) is 0 Å². The quantitative estimate of drug-likeness (QED) is 0.739. The van der Waals surface area contributed by atoms with Crippen LogP contribution in [0.15, 0.2) is 0 Å². The van der Waals surface area contributed by atoms with Crippen LogP contribution in [-0.2, 0) is 0 Å². The van der Waals surface area contributed by atoms with Crippen molar-refractivity contribution < 1.29 is 0 Å². The molecule has 2 N–H and O–H groups in total. The Balaban J connectivity index is 2.45. The van der Waals surface area contributed by atoms with Crippen LogP contribution in [0.4, 0.5) is 0 Å². The Hall–Kier alpha value is -0.0400. The van der Waals surface area contributed by atoms with Gasteiger partial charge in [0.15, 0.2) is 0 Å². The highest BCUT2D eigenvalue weighted by Gasteiger charge is 2.27. The number of nitrogens with two attached hydrogens (primary N) is 1. The lowest BCUT2D eigenvalue weighted by Gasteiger charge is -2.34. The molecule has 0 aliphatic heterocycles. The highest BCUT2D eigenvalue weighted by molar-refractivity contribution is 4.87. The molecule has 0 unspecified atom stereocenters. The first-order valence-electron chi connectivity index (χ1n) is 6.99. The van der Waals surface area contributed by atoms with E-state index >= 15 is 0 Å².